The van der Waals surface area contributed by atoms with Crippen LogP contribution < -0.4 is 9.62 Å². The van der Waals surface area contributed by atoms with Gasteiger partial charge in [0.15, 0.2) is 4.91 Å². The number of sulfonamides is 1. The van der Waals surface area contributed by atoms with Crippen molar-refractivity contribution in [3.63, 3.8) is 0 Å². The molecule has 5 nitrogen and oxygen atoms in total. The molecule has 3 aromatic rings. The third-order valence-electron chi connectivity index (χ3n) is 4.85. The highest BCUT2D eigenvalue weighted by Crippen LogP contribution is 2.36. The van der Waals surface area contributed by atoms with E-state index in [2.05, 4.69) is 5.32 Å². The predicted octanol–water partition coefficient (Wildman–Crippen LogP) is 5.13. The zero-order valence-corrected chi connectivity index (χ0v) is 17.7. The third-order valence-corrected chi connectivity index (χ3v) is 6.85. The van der Waals surface area contributed by atoms with E-state index in [1.54, 1.807) is 48.5 Å². The Kier molecular flexibility index (Phi) is 5.37. The number of hydrogen-bond acceptors (Lipinski definition) is 4. The number of allylic oxidation sites excluding steroid dienone is 1. The summed E-state index contributed by atoms with van der Waals surface area (Å²) in [5.74, 6) is -0.541. The Morgan fingerprint density at radius 1 is 1.00 bits per heavy atom. The molecule has 3 aromatic carbocycles. The number of benzene rings is 3. The number of nitrogens with zero attached hydrogens (tertiary/aromatic N) is 1. The van der Waals surface area contributed by atoms with Crippen molar-refractivity contribution < 1.29 is 13.2 Å². The zero-order chi connectivity index (χ0) is 21.3. The quantitative estimate of drug-likeness (QED) is 0.573. The molecule has 4 rings (SSSR count). The molecule has 0 saturated carbocycles. The summed E-state index contributed by atoms with van der Waals surface area (Å²) in [7, 11) is -4.07. The van der Waals surface area contributed by atoms with Gasteiger partial charge in [-0.25, -0.2) is 8.42 Å². The first-order valence-electron chi connectivity index (χ1n) is 9.30. The number of carbonyl (C=O) groups is 1. The van der Waals surface area contributed by atoms with E-state index in [-0.39, 0.29) is 11.4 Å². The van der Waals surface area contributed by atoms with Crippen LogP contribution in [0.4, 0.5) is 11.4 Å². The lowest BCUT2D eigenvalue weighted by Gasteiger charge is -2.31. The number of rotatable bonds is 4. The normalized spacial score (nSPS) is 16.4. The van der Waals surface area contributed by atoms with Crippen molar-refractivity contribution in [2.75, 3.05) is 9.62 Å². The lowest BCUT2D eigenvalue weighted by molar-refractivity contribution is 0.104. The average Bonchev–Trinajstić information content (AvgIpc) is 2.72. The van der Waals surface area contributed by atoms with Crippen LogP contribution in [0.25, 0.3) is 0 Å². The minimum Gasteiger partial charge on any atom is -0.360 e. The summed E-state index contributed by atoms with van der Waals surface area (Å²) < 4.78 is 28.1. The van der Waals surface area contributed by atoms with Crippen LogP contribution in [0.3, 0.4) is 0 Å². The topological polar surface area (TPSA) is 66.5 Å². The Morgan fingerprint density at radius 2 is 1.73 bits per heavy atom. The monoisotopic (exact) mass is 438 g/mol. The standard InChI is InChI=1S/C23H19ClN2O3S/c1-16-9-11-17(12-10-16)15-26-21-8-3-2-7-20(21)23(27)22(30(26,28)29)14-25-19-6-4-5-18(24)13-19/h2-14,25H,15H2,1H3/b22-14+. The first-order chi connectivity index (χ1) is 14.4. The maximum atomic E-state index is 13.4. The maximum Gasteiger partial charge on any atom is 0.270 e. The molecule has 0 aliphatic carbocycles. The van der Waals surface area contributed by atoms with Gasteiger partial charge in [-0.1, -0.05) is 59.6 Å². The molecule has 0 unspecified atom stereocenters. The van der Waals surface area contributed by atoms with Gasteiger partial charge in [-0.05, 0) is 42.8 Å². The Morgan fingerprint density at radius 3 is 2.47 bits per heavy atom. The van der Waals surface area contributed by atoms with E-state index in [0.29, 0.717) is 22.0 Å². The summed E-state index contributed by atoms with van der Waals surface area (Å²) in [4.78, 5) is 12.7. The lowest BCUT2D eigenvalue weighted by Crippen LogP contribution is -2.39. The molecule has 1 N–H and O–H groups in total. The number of hydrogen-bond donors (Lipinski definition) is 1. The molecule has 0 radical (unpaired) electrons. The molecule has 0 bridgehead atoms. The molecule has 7 heteroatoms. The van der Waals surface area contributed by atoms with Gasteiger partial charge >= 0.3 is 0 Å². The van der Waals surface area contributed by atoms with Crippen LogP contribution in [0.2, 0.25) is 5.02 Å². The Bertz CT molecular complexity index is 1250. The van der Waals surface area contributed by atoms with Crippen LogP contribution in [0.15, 0.2) is 83.9 Å². The second kappa shape index (κ2) is 7.97. The SMILES string of the molecule is Cc1ccc(CN2c3ccccc3C(=O)/C(=C\Nc3cccc(Cl)c3)S2(=O)=O)cc1. The minimum atomic E-state index is -4.07. The van der Waals surface area contributed by atoms with E-state index in [4.69, 9.17) is 11.6 Å². The van der Waals surface area contributed by atoms with Gasteiger partial charge in [0.1, 0.15) is 0 Å². The van der Waals surface area contributed by atoms with Crippen molar-refractivity contribution >= 4 is 38.8 Å². The van der Waals surface area contributed by atoms with Crippen molar-refractivity contribution in [3.8, 4) is 0 Å². The molecule has 0 aromatic heterocycles. The van der Waals surface area contributed by atoms with E-state index in [0.717, 1.165) is 11.1 Å². The highest BCUT2D eigenvalue weighted by Gasteiger charge is 2.40. The second-order valence-electron chi connectivity index (χ2n) is 7.01. The zero-order valence-electron chi connectivity index (χ0n) is 16.2. The van der Waals surface area contributed by atoms with Crippen LogP contribution in [0.1, 0.15) is 21.5 Å². The number of fused-ring (bicyclic) bond motifs is 1. The summed E-state index contributed by atoms with van der Waals surface area (Å²) in [5.41, 5.74) is 3.22. The Hall–Kier alpha value is -3.09. The number of halogens is 1. The van der Waals surface area contributed by atoms with Crippen LogP contribution in [-0.2, 0) is 16.6 Å². The minimum absolute atomic E-state index is 0.126. The second-order valence-corrected chi connectivity index (χ2v) is 9.27. The van der Waals surface area contributed by atoms with E-state index in [1.807, 2.05) is 31.2 Å². The van der Waals surface area contributed by atoms with Crippen molar-refractivity contribution in [2.24, 2.45) is 0 Å². The first kappa shape index (κ1) is 20.2. The fraction of sp³-hybridized carbons (Fsp3) is 0.0870. The van der Waals surface area contributed by atoms with Crippen molar-refractivity contribution in [1.82, 2.24) is 0 Å². The average molecular weight is 439 g/mol. The molecular formula is C23H19ClN2O3S. The number of nitrogens with one attached hydrogen (secondary N) is 1. The summed E-state index contributed by atoms with van der Waals surface area (Å²) in [6.45, 7) is 2.10. The van der Waals surface area contributed by atoms with Crippen LogP contribution >= 0.6 is 11.6 Å². The molecule has 30 heavy (non-hydrogen) atoms. The molecule has 1 aliphatic rings. The van der Waals surface area contributed by atoms with Gasteiger partial charge in [-0.3, -0.25) is 9.10 Å². The lowest BCUT2D eigenvalue weighted by atomic mass is 10.1. The molecule has 0 amide bonds. The summed E-state index contributed by atoms with van der Waals surface area (Å²) in [5, 5.41) is 3.39. The highest BCUT2D eigenvalue weighted by atomic mass is 35.5. The molecular weight excluding hydrogens is 420 g/mol. The Labute approximate surface area is 180 Å². The first-order valence-corrected chi connectivity index (χ1v) is 11.1. The molecule has 0 fully saturated rings. The number of aryl methyl sites for hydroxylation is 1. The predicted molar refractivity (Wildman–Crippen MR) is 120 cm³/mol. The van der Waals surface area contributed by atoms with Crippen LogP contribution in [-0.4, -0.2) is 14.2 Å². The highest BCUT2D eigenvalue weighted by molar-refractivity contribution is 7.97. The molecule has 0 atom stereocenters. The molecule has 1 aliphatic heterocycles. The van der Waals surface area contributed by atoms with Crippen molar-refractivity contribution in [1.29, 1.82) is 0 Å². The van der Waals surface area contributed by atoms with E-state index < -0.39 is 15.8 Å². The molecule has 1 heterocycles. The van der Waals surface area contributed by atoms with Gasteiger partial charge in [0, 0.05) is 22.5 Å². The number of anilines is 2. The Balaban J connectivity index is 1.77. The molecule has 0 spiro atoms. The number of ketones is 1. The summed E-state index contributed by atoms with van der Waals surface area (Å²) in [6.07, 6.45) is 1.24. The fourth-order valence-corrected chi connectivity index (χ4v) is 4.99. The van der Waals surface area contributed by atoms with Gasteiger partial charge in [-0.2, -0.15) is 0 Å². The number of Topliss-reactive ketones (excluding diaryl/α,β-unsaturated/α-hetero) is 1. The number of carbonyl (C=O) groups excluding carboxylic acids is 1. The molecule has 152 valence electrons. The fourth-order valence-electron chi connectivity index (χ4n) is 3.28. The molecule has 0 saturated heterocycles. The smallest absolute Gasteiger partial charge is 0.270 e. The van der Waals surface area contributed by atoms with Crippen molar-refractivity contribution in [3.05, 3.63) is 106 Å². The summed E-state index contributed by atoms with van der Waals surface area (Å²) >= 11 is 5.99. The van der Waals surface area contributed by atoms with Crippen LogP contribution in [0, 0.1) is 6.92 Å². The van der Waals surface area contributed by atoms with E-state index in [9.17, 15) is 13.2 Å². The van der Waals surface area contributed by atoms with Gasteiger partial charge < -0.3 is 5.32 Å². The van der Waals surface area contributed by atoms with Gasteiger partial charge in [-0.15, -0.1) is 0 Å². The van der Waals surface area contributed by atoms with Gasteiger partial charge in [0.25, 0.3) is 10.0 Å². The van der Waals surface area contributed by atoms with E-state index in [1.165, 1.54) is 10.5 Å². The van der Waals surface area contributed by atoms with E-state index >= 15 is 0 Å². The van der Waals surface area contributed by atoms with Crippen molar-refractivity contribution in [2.45, 2.75) is 13.5 Å². The van der Waals surface area contributed by atoms with Gasteiger partial charge in [0.2, 0.25) is 5.78 Å². The maximum absolute atomic E-state index is 13.4. The van der Waals surface area contributed by atoms with Crippen LogP contribution in [0.5, 0.6) is 0 Å². The summed E-state index contributed by atoms with van der Waals surface area (Å²) in [6, 6.07) is 21.2. The van der Waals surface area contributed by atoms with Gasteiger partial charge in [0.05, 0.1) is 12.2 Å². The largest absolute Gasteiger partial charge is 0.360 e. The third kappa shape index (κ3) is 3.84. The number of para-hydroxylation sites is 1.